The summed E-state index contributed by atoms with van der Waals surface area (Å²) in [5, 5.41) is 21.3. The third-order valence-corrected chi connectivity index (χ3v) is 3.04. The fourth-order valence-corrected chi connectivity index (χ4v) is 1.98. The van der Waals surface area contributed by atoms with E-state index in [-0.39, 0.29) is 0 Å². The van der Waals surface area contributed by atoms with Crippen molar-refractivity contribution in [1.82, 2.24) is 25.2 Å². The number of nitrogens with zero attached hydrogens (tertiary/aromatic N) is 6. The summed E-state index contributed by atoms with van der Waals surface area (Å²) in [7, 11) is 1.74. The predicted octanol–water partition coefficient (Wildman–Crippen LogP) is 0.936. The molecule has 0 bridgehead atoms. The number of pyridine rings is 1. The molecule has 0 aliphatic heterocycles. The molecule has 7 heteroatoms. The molecular formula is C9H8N6S. The van der Waals surface area contributed by atoms with Crippen molar-refractivity contribution in [3.05, 3.63) is 23.4 Å². The maximum atomic E-state index is 9.04. The van der Waals surface area contributed by atoms with Crippen molar-refractivity contribution in [2.24, 2.45) is 7.05 Å². The highest BCUT2D eigenvalue weighted by Gasteiger charge is 2.11. The van der Waals surface area contributed by atoms with Crippen molar-refractivity contribution >= 4 is 11.8 Å². The van der Waals surface area contributed by atoms with Crippen molar-refractivity contribution in [3.63, 3.8) is 0 Å². The van der Waals surface area contributed by atoms with Gasteiger partial charge in [-0.2, -0.15) is 5.26 Å². The molecule has 2 aromatic heterocycles. The van der Waals surface area contributed by atoms with Gasteiger partial charge in [-0.3, -0.25) is 0 Å². The molecule has 0 saturated carbocycles. The van der Waals surface area contributed by atoms with Crippen LogP contribution < -0.4 is 0 Å². The molecule has 2 heterocycles. The first-order chi connectivity index (χ1) is 7.72. The summed E-state index contributed by atoms with van der Waals surface area (Å²) < 4.78 is 1.54. The number of aromatic nitrogens is 5. The molecule has 0 amide bonds. The van der Waals surface area contributed by atoms with Crippen LogP contribution >= 0.6 is 11.8 Å². The van der Waals surface area contributed by atoms with Crippen LogP contribution in [0, 0.1) is 18.3 Å². The summed E-state index contributed by atoms with van der Waals surface area (Å²) in [5.74, 6) is 0. The number of hydrogen-bond acceptors (Lipinski definition) is 6. The Balaban J connectivity index is 2.40. The third kappa shape index (κ3) is 1.87. The summed E-state index contributed by atoms with van der Waals surface area (Å²) in [6.07, 6.45) is 1.67. The van der Waals surface area contributed by atoms with E-state index >= 15 is 0 Å². The van der Waals surface area contributed by atoms with Gasteiger partial charge in [0.05, 0.1) is 5.56 Å². The van der Waals surface area contributed by atoms with Gasteiger partial charge in [0.2, 0.25) is 5.16 Å². The van der Waals surface area contributed by atoms with Gasteiger partial charge in [0.1, 0.15) is 11.1 Å². The number of aryl methyl sites for hydroxylation is 2. The zero-order valence-corrected chi connectivity index (χ0v) is 9.56. The van der Waals surface area contributed by atoms with E-state index in [0.717, 1.165) is 5.56 Å². The fourth-order valence-electron chi connectivity index (χ4n) is 1.14. The number of hydrogen-bond donors (Lipinski definition) is 0. The van der Waals surface area contributed by atoms with Crippen LogP contribution in [0.2, 0.25) is 0 Å². The summed E-state index contributed by atoms with van der Waals surface area (Å²) in [5.41, 5.74) is 1.46. The minimum Gasteiger partial charge on any atom is -0.248 e. The zero-order chi connectivity index (χ0) is 11.5. The molecule has 0 radical (unpaired) electrons. The first-order valence-corrected chi connectivity index (χ1v) is 5.30. The van der Waals surface area contributed by atoms with E-state index in [1.165, 1.54) is 16.4 Å². The van der Waals surface area contributed by atoms with Crippen molar-refractivity contribution < 1.29 is 0 Å². The van der Waals surface area contributed by atoms with Crippen LogP contribution in [0.3, 0.4) is 0 Å². The number of nitriles is 1. The van der Waals surface area contributed by atoms with Gasteiger partial charge in [0.15, 0.2) is 0 Å². The van der Waals surface area contributed by atoms with Crippen molar-refractivity contribution in [1.29, 1.82) is 5.26 Å². The first-order valence-electron chi connectivity index (χ1n) is 4.48. The second-order valence-corrected chi connectivity index (χ2v) is 4.06. The summed E-state index contributed by atoms with van der Waals surface area (Å²) in [4.78, 5) is 4.16. The minimum atomic E-state index is 0.565. The Morgan fingerprint density at radius 1 is 1.50 bits per heavy atom. The quantitative estimate of drug-likeness (QED) is 0.766. The van der Waals surface area contributed by atoms with E-state index in [0.29, 0.717) is 15.7 Å². The molecule has 0 N–H and O–H groups in total. The Labute approximate surface area is 96.3 Å². The minimum absolute atomic E-state index is 0.565. The molecule has 6 nitrogen and oxygen atoms in total. The van der Waals surface area contributed by atoms with Crippen LogP contribution in [-0.2, 0) is 7.05 Å². The lowest BCUT2D eigenvalue weighted by Crippen LogP contribution is -1.95. The highest BCUT2D eigenvalue weighted by Crippen LogP contribution is 2.27. The first kappa shape index (κ1) is 10.6. The normalized spacial score (nSPS) is 10.1. The van der Waals surface area contributed by atoms with Gasteiger partial charge in [0.25, 0.3) is 0 Å². The van der Waals surface area contributed by atoms with Gasteiger partial charge >= 0.3 is 0 Å². The SMILES string of the molecule is Cc1ccnc(Sc2nnnn2C)c1C#N. The largest absolute Gasteiger partial charge is 0.248 e. The molecule has 0 unspecified atom stereocenters. The number of tetrazole rings is 1. The second-order valence-electron chi connectivity index (χ2n) is 3.11. The van der Waals surface area contributed by atoms with Crippen LogP contribution in [0.25, 0.3) is 0 Å². The van der Waals surface area contributed by atoms with Crippen LogP contribution in [0.1, 0.15) is 11.1 Å². The Morgan fingerprint density at radius 2 is 2.31 bits per heavy atom. The second kappa shape index (κ2) is 4.28. The molecular weight excluding hydrogens is 224 g/mol. The van der Waals surface area contributed by atoms with Gasteiger partial charge in [-0.15, -0.1) is 5.10 Å². The maximum absolute atomic E-state index is 9.04. The monoisotopic (exact) mass is 232 g/mol. The van der Waals surface area contributed by atoms with Crippen LogP contribution in [0.15, 0.2) is 22.4 Å². The average molecular weight is 232 g/mol. The molecule has 2 rings (SSSR count). The molecule has 0 spiro atoms. The lowest BCUT2D eigenvalue weighted by Gasteiger charge is -2.02. The molecule has 0 atom stereocenters. The zero-order valence-electron chi connectivity index (χ0n) is 8.75. The Kier molecular flexibility index (Phi) is 2.83. The standard InChI is InChI=1S/C9H8N6S/c1-6-3-4-11-8(7(6)5-10)16-9-12-13-14-15(9)2/h3-4H,1-2H3. The van der Waals surface area contributed by atoms with E-state index in [1.807, 2.05) is 6.92 Å². The lowest BCUT2D eigenvalue weighted by molar-refractivity contribution is 0.664. The average Bonchev–Trinajstić information content (AvgIpc) is 2.65. The predicted molar refractivity (Wildman–Crippen MR) is 56.6 cm³/mol. The van der Waals surface area contributed by atoms with E-state index in [4.69, 9.17) is 5.26 Å². The van der Waals surface area contributed by atoms with E-state index in [9.17, 15) is 0 Å². The highest BCUT2D eigenvalue weighted by atomic mass is 32.2. The van der Waals surface area contributed by atoms with Gasteiger partial charge in [-0.05, 0) is 40.7 Å². The third-order valence-electron chi connectivity index (χ3n) is 2.01. The molecule has 0 aliphatic carbocycles. The number of rotatable bonds is 2. The molecule has 2 aromatic rings. The maximum Gasteiger partial charge on any atom is 0.215 e. The van der Waals surface area contributed by atoms with E-state index in [1.54, 1.807) is 19.3 Å². The van der Waals surface area contributed by atoms with Crippen LogP contribution in [0.4, 0.5) is 0 Å². The van der Waals surface area contributed by atoms with Gasteiger partial charge in [-0.1, -0.05) is 0 Å². The summed E-state index contributed by atoms with van der Waals surface area (Å²) in [6.45, 7) is 1.87. The molecule has 0 aromatic carbocycles. The smallest absolute Gasteiger partial charge is 0.215 e. The van der Waals surface area contributed by atoms with E-state index in [2.05, 4.69) is 26.6 Å². The molecule has 0 aliphatic rings. The van der Waals surface area contributed by atoms with Crippen molar-refractivity contribution in [2.45, 2.75) is 17.1 Å². The topological polar surface area (TPSA) is 80.3 Å². The highest BCUT2D eigenvalue weighted by molar-refractivity contribution is 7.99. The van der Waals surface area contributed by atoms with Crippen LogP contribution in [-0.4, -0.2) is 25.2 Å². The summed E-state index contributed by atoms with van der Waals surface area (Å²) >= 11 is 1.28. The van der Waals surface area contributed by atoms with Gasteiger partial charge < -0.3 is 0 Å². The van der Waals surface area contributed by atoms with Crippen LogP contribution in [0.5, 0.6) is 0 Å². The van der Waals surface area contributed by atoms with Gasteiger partial charge in [-0.25, -0.2) is 9.67 Å². The Hall–Kier alpha value is -1.94. The molecule has 0 saturated heterocycles. The lowest BCUT2D eigenvalue weighted by atomic mass is 10.2. The molecule has 80 valence electrons. The molecule has 0 fully saturated rings. The van der Waals surface area contributed by atoms with Crippen molar-refractivity contribution in [3.8, 4) is 6.07 Å². The van der Waals surface area contributed by atoms with Gasteiger partial charge in [0, 0.05) is 13.2 Å². The Bertz CT molecular complexity index is 555. The van der Waals surface area contributed by atoms with Crippen molar-refractivity contribution in [2.75, 3.05) is 0 Å². The summed E-state index contributed by atoms with van der Waals surface area (Å²) in [6, 6.07) is 3.94. The fraction of sp³-hybridized carbons (Fsp3) is 0.222. The van der Waals surface area contributed by atoms with E-state index < -0.39 is 0 Å². The Morgan fingerprint density at radius 3 is 2.94 bits per heavy atom. The molecule has 16 heavy (non-hydrogen) atoms.